The van der Waals surface area contributed by atoms with Crippen molar-refractivity contribution in [1.29, 1.82) is 5.26 Å². The third-order valence-electron chi connectivity index (χ3n) is 4.09. The molecule has 3 aromatic rings. The van der Waals surface area contributed by atoms with Crippen LogP contribution >= 0.6 is 0 Å². The lowest BCUT2D eigenvalue weighted by molar-refractivity contribution is 0.104. The van der Waals surface area contributed by atoms with Crippen molar-refractivity contribution in [2.24, 2.45) is 0 Å². The van der Waals surface area contributed by atoms with Crippen LogP contribution < -0.4 is 4.18 Å². The van der Waals surface area contributed by atoms with Gasteiger partial charge in [0, 0.05) is 5.56 Å². The number of hydrogen-bond donors (Lipinski definition) is 0. The first-order valence-corrected chi connectivity index (χ1v) is 10.1. The van der Waals surface area contributed by atoms with Gasteiger partial charge in [0.05, 0.1) is 0 Å². The van der Waals surface area contributed by atoms with Crippen LogP contribution in [0.15, 0.2) is 89.3 Å². The maximum atomic E-state index is 12.5. The van der Waals surface area contributed by atoms with E-state index in [1.165, 1.54) is 30.3 Å². The van der Waals surface area contributed by atoms with E-state index in [4.69, 9.17) is 4.18 Å². The molecule has 0 N–H and O–H groups in total. The molecule has 0 fully saturated rings. The van der Waals surface area contributed by atoms with E-state index in [1.54, 1.807) is 54.6 Å². The van der Waals surface area contributed by atoms with Crippen LogP contribution in [0.2, 0.25) is 0 Å². The highest BCUT2D eigenvalue weighted by Crippen LogP contribution is 2.22. The maximum absolute atomic E-state index is 12.5. The van der Waals surface area contributed by atoms with Crippen LogP contribution in [0, 0.1) is 18.3 Å². The van der Waals surface area contributed by atoms with Gasteiger partial charge in [-0.1, -0.05) is 60.2 Å². The van der Waals surface area contributed by atoms with Crippen LogP contribution in [0.25, 0.3) is 6.08 Å². The lowest BCUT2D eigenvalue weighted by Crippen LogP contribution is -2.09. The van der Waals surface area contributed by atoms with Gasteiger partial charge >= 0.3 is 10.1 Å². The molecular weight excluding hydrogens is 386 g/mol. The maximum Gasteiger partial charge on any atom is 0.339 e. The summed E-state index contributed by atoms with van der Waals surface area (Å²) in [6, 6.07) is 22.9. The van der Waals surface area contributed by atoms with Crippen molar-refractivity contribution in [2.45, 2.75) is 11.8 Å². The summed E-state index contributed by atoms with van der Waals surface area (Å²) in [6.45, 7) is 1.86. The molecule has 0 radical (unpaired) electrons. The highest BCUT2D eigenvalue weighted by molar-refractivity contribution is 7.87. The van der Waals surface area contributed by atoms with Crippen LogP contribution in [-0.2, 0) is 10.1 Å². The number of nitrogens with zero attached hydrogens (tertiary/aromatic N) is 1. The zero-order valence-electron chi connectivity index (χ0n) is 15.6. The zero-order chi connectivity index (χ0) is 20.9. The van der Waals surface area contributed by atoms with Crippen molar-refractivity contribution in [1.82, 2.24) is 0 Å². The molecule has 0 heterocycles. The van der Waals surface area contributed by atoms with Crippen LogP contribution in [0.3, 0.4) is 0 Å². The Morgan fingerprint density at radius 1 is 0.966 bits per heavy atom. The Balaban J connectivity index is 1.87. The summed E-state index contributed by atoms with van der Waals surface area (Å²) in [6.07, 6.45) is 1.40. The number of nitriles is 1. The van der Waals surface area contributed by atoms with Crippen molar-refractivity contribution in [3.8, 4) is 11.8 Å². The molecule has 0 aliphatic carbocycles. The Morgan fingerprint density at radius 3 is 2.31 bits per heavy atom. The number of aryl methyl sites for hydroxylation is 1. The Labute approximate surface area is 169 Å². The molecule has 3 aromatic carbocycles. The van der Waals surface area contributed by atoms with E-state index in [0.29, 0.717) is 11.1 Å². The second kappa shape index (κ2) is 8.55. The van der Waals surface area contributed by atoms with Gasteiger partial charge in [0.25, 0.3) is 0 Å². The Morgan fingerprint density at radius 2 is 1.66 bits per heavy atom. The predicted molar refractivity (Wildman–Crippen MR) is 110 cm³/mol. The van der Waals surface area contributed by atoms with Gasteiger partial charge in [-0.3, -0.25) is 4.79 Å². The summed E-state index contributed by atoms with van der Waals surface area (Å²) in [7, 11) is -3.99. The minimum atomic E-state index is -3.99. The van der Waals surface area contributed by atoms with Gasteiger partial charge in [-0.25, -0.2) is 0 Å². The van der Waals surface area contributed by atoms with Gasteiger partial charge < -0.3 is 4.18 Å². The normalized spacial score (nSPS) is 11.5. The second-order valence-electron chi connectivity index (χ2n) is 6.29. The molecule has 0 saturated heterocycles. The smallest absolute Gasteiger partial charge is 0.339 e. The van der Waals surface area contributed by atoms with E-state index in [2.05, 4.69) is 0 Å². The number of carbonyl (C=O) groups excluding carboxylic acids is 1. The molecule has 0 aliphatic rings. The fraction of sp³-hybridized carbons (Fsp3) is 0.0435. The number of benzene rings is 3. The third-order valence-corrected chi connectivity index (χ3v) is 5.35. The largest absolute Gasteiger partial charge is 0.379 e. The Hall–Kier alpha value is -3.69. The summed E-state index contributed by atoms with van der Waals surface area (Å²) in [5.41, 5.74) is 1.75. The van der Waals surface area contributed by atoms with Gasteiger partial charge in [-0.2, -0.15) is 13.7 Å². The summed E-state index contributed by atoms with van der Waals surface area (Å²) >= 11 is 0. The van der Waals surface area contributed by atoms with Crippen molar-refractivity contribution in [2.75, 3.05) is 0 Å². The summed E-state index contributed by atoms with van der Waals surface area (Å²) < 4.78 is 30.1. The monoisotopic (exact) mass is 403 g/mol. The molecule has 0 aliphatic heterocycles. The highest BCUT2D eigenvalue weighted by Gasteiger charge is 2.17. The first kappa shape index (κ1) is 20.1. The highest BCUT2D eigenvalue weighted by atomic mass is 32.2. The van der Waals surface area contributed by atoms with E-state index >= 15 is 0 Å². The molecule has 3 rings (SSSR count). The van der Waals surface area contributed by atoms with Crippen molar-refractivity contribution >= 4 is 22.0 Å². The quantitative estimate of drug-likeness (QED) is 0.261. The van der Waals surface area contributed by atoms with Gasteiger partial charge in [0.1, 0.15) is 22.3 Å². The molecule has 6 heteroatoms. The van der Waals surface area contributed by atoms with E-state index in [1.807, 2.05) is 13.0 Å². The van der Waals surface area contributed by atoms with Gasteiger partial charge in [-0.05, 0) is 42.8 Å². The van der Waals surface area contributed by atoms with Crippen molar-refractivity contribution < 1.29 is 17.4 Å². The average Bonchev–Trinajstić information content (AvgIpc) is 2.72. The predicted octanol–water partition coefficient (Wildman–Crippen LogP) is 4.55. The summed E-state index contributed by atoms with van der Waals surface area (Å²) in [5, 5.41) is 9.38. The lowest BCUT2D eigenvalue weighted by Gasteiger charge is -2.08. The number of allylic oxidation sites excluding steroid dienone is 1. The van der Waals surface area contributed by atoms with Crippen LogP contribution in [0.4, 0.5) is 0 Å². The lowest BCUT2D eigenvalue weighted by atomic mass is 10.0. The molecule has 0 saturated carbocycles. The number of hydrogen-bond acceptors (Lipinski definition) is 5. The Bertz CT molecular complexity index is 1210. The molecule has 29 heavy (non-hydrogen) atoms. The summed E-state index contributed by atoms with van der Waals surface area (Å²) in [4.78, 5) is 12.5. The van der Waals surface area contributed by atoms with E-state index in [9.17, 15) is 18.5 Å². The minimum absolute atomic E-state index is 0.0426. The molecule has 0 unspecified atom stereocenters. The van der Waals surface area contributed by atoms with Gasteiger partial charge in [-0.15, -0.1) is 0 Å². The Kier molecular flexibility index (Phi) is 5.91. The second-order valence-corrected chi connectivity index (χ2v) is 7.83. The third kappa shape index (κ3) is 4.98. The minimum Gasteiger partial charge on any atom is -0.379 e. The number of ketones is 1. The number of carbonyl (C=O) groups is 1. The SMILES string of the molecule is Cc1ccc(S(=O)(=O)Oc2cccc(/C=C(\C#N)C(=O)c3ccccc3)c2)cc1. The fourth-order valence-electron chi connectivity index (χ4n) is 2.60. The molecule has 0 atom stereocenters. The van der Waals surface area contributed by atoms with Crippen LogP contribution in [0.1, 0.15) is 21.5 Å². The molecule has 144 valence electrons. The molecular formula is C23H17NO4S. The first-order valence-electron chi connectivity index (χ1n) is 8.72. The van der Waals surface area contributed by atoms with E-state index in [-0.39, 0.29) is 16.2 Å². The van der Waals surface area contributed by atoms with Gasteiger partial charge in [0.2, 0.25) is 5.78 Å². The topological polar surface area (TPSA) is 84.2 Å². The van der Waals surface area contributed by atoms with Crippen molar-refractivity contribution in [3.05, 3.63) is 101 Å². The standard InChI is InChI=1S/C23H17NO4S/c1-17-10-12-22(13-11-17)29(26,27)28-21-9-5-6-18(15-21)14-20(16-24)23(25)19-7-3-2-4-8-19/h2-15H,1H3/b20-14+. The number of Topliss-reactive ketones (excluding diaryl/α,β-unsaturated/α-hetero) is 1. The molecule has 0 amide bonds. The zero-order valence-corrected chi connectivity index (χ0v) is 16.4. The first-order chi connectivity index (χ1) is 13.9. The van der Waals surface area contributed by atoms with Crippen LogP contribution in [-0.4, -0.2) is 14.2 Å². The van der Waals surface area contributed by atoms with E-state index in [0.717, 1.165) is 5.56 Å². The molecule has 5 nitrogen and oxygen atoms in total. The molecule has 0 bridgehead atoms. The van der Waals surface area contributed by atoms with Crippen LogP contribution in [0.5, 0.6) is 5.75 Å². The average molecular weight is 403 g/mol. The molecule has 0 aromatic heterocycles. The summed E-state index contributed by atoms with van der Waals surface area (Å²) in [5.74, 6) is -0.324. The number of rotatable bonds is 6. The van der Waals surface area contributed by atoms with Crippen molar-refractivity contribution in [3.63, 3.8) is 0 Å². The van der Waals surface area contributed by atoms with E-state index < -0.39 is 15.9 Å². The molecule has 0 spiro atoms. The van der Waals surface area contributed by atoms with Gasteiger partial charge in [0.15, 0.2) is 0 Å². The fourth-order valence-corrected chi connectivity index (χ4v) is 3.52.